The number of ether oxygens (including phenoxy) is 5. The molecule has 1 heterocycles. The first-order valence-corrected chi connectivity index (χ1v) is 29.2. The Labute approximate surface area is 453 Å². The number of hydrogen-bond acceptors (Lipinski definition) is 11. The Kier molecular flexibility index (Phi) is 46.2. The number of aliphatic hydroxyl groups is 2. The molecule has 1 fully saturated rings. The highest BCUT2D eigenvalue weighted by Gasteiger charge is 2.50. The van der Waals surface area contributed by atoms with Crippen LogP contribution in [0.2, 0.25) is 0 Å². The molecule has 0 aromatic heterocycles. The minimum Gasteiger partial charge on any atom is -0.479 e. The summed E-state index contributed by atoms with van der Waals surface area (Å²) in [7, 11) is 0. The van der Waals surface area contributed by atoms with Gasteiger partial charge in [-0.1, -0.05) is 208 Å². The van der Waals surface area contributed by atoms with Gasteiger partial charge in [0.25, 0.3) is 0 Å². The van der Waals surface area contributed by atoms with Crippen molar-refractivity contribution >= 4 is 23.9 Å². The maximum absolute atomic E-state index is 13.1. The number of allylic oxidation sites excluding steroid dienone is 16. The molecule has 12 heteroatoms. The monoisotopic (exact) mass is 1050 g/mol. The van der Waals surface area contributed by atoms with Gasteiger partial charge in [0, 0.05) is 19.3 Å². The first kappa shape index (κ1) is 68.7. The average Bonchev–Trinajstić information content (AvgIpc) is 3.39. The predicted molar refractivity (Wildman–Crippen MR) is 303 cm³/mol. The van der Waals surface area contributed by atoms with E-state index in [-0.39, 0.29) is 25.9 Å². The van der Waals surface area contributed by atoms with Crippen LogP contribution in [-0.4, -0.2) is 89.2 Å². The van der Waals surface area contributed by atoms with Crippen LogP contribution >= 0.6 is 0 Å². The number of carbonyl (C=O) groups is 4. The fraction of sp³-hybridized carbons (Fsp3) is 0.683. The first-order valence-electron chi connectivity index (χ1n) is 29.2. The van der Waals surface area contributed by atoms with Crippen molar-refractivity contribution in [2.45, 2.75) is 263 Å². The standard InChI is InChI=1S/C63H102O12/c1-4-7-10-13-16-19-21-23-25-27-28-30-31-33-35-38-40-43-46-49-55(64)71-52-54(73-56(65)50-47-44-41-37-18-15-12-9-6-3)53-72-63-61(59(68)58(67)60(75-63)62(69)70)74-57(66)51-48-45-42-39-36-34-32-29-26-24-22-20-17-14-11-8-5-2/h7-8,10-11,16-17,19-20,23-26,28,30,32,34,54,58-61,63,67-68H,4-6,9,12-15,18,21-22,27,29,31,33,35-53H2,1-3H3,(H,69,70)/b10-7-,11-8-,19-16-,20-17-,25-23-,26-24-,30-28-,34-32-. The van der Waals surface area contributed by atoms with E-state index in [0.29, 0.717) is 19.3 Å². The molecule has 0 aromatic carbocycles. The molecular weight excluding hydrogens is 949 g/mol. The Morgan fingerprint density at radius 2 is 0.840 bits per heavy atom. The number of esters is 3. The molecule has 426 valence electrons. The molecule has 0 radical (unpaired) electrons. The fourth-order valence-corrected chi connectivity index (χ4v) is 8.23. The zero-order chi connectivity index (χ0) is 54.7. The molecule has 6 unspecified atom stereocenters. The van der Waals surface area contributed by atoms with Gasteiger partial charge in [0.15, 0.2) is 24.6 Å². The van der Waals surface area contributed by atoms with E-state index in [4.69, 9.17) is 23.7 Å². The van der Waals surface area contributed by atoms with E-state index in [2.05, 4.69) is 118 Å². The van der Waals surface area contributed by atoms with Gasteiger partial charge in [0.05, 0.1) is 6.61 Å². The molecule has 0 aromatic rings. The summed E-state index contributed by atoms with van der Waals surface area (Å²) >= 11 is 0. The van der Waals surface area contributed by atoms with Gasteiger partial charge in [0.2, 0.25) is 0 Å². The number of aliphatic carboxylic acids is 1. The van der Waals surface area contributed by atoms with Gasteiger partial charge in [-0.25, -0.2) is 4.79 Å². The van der Waals surface area contributed by atoms with E-state index < -0.39 is 67.3 Å². The maximum Gasteiger partial charge on any atom is 0.335 e. The summed E-state index contributed by atoms with van der Waals surface area (Å²) in [5.74, 6) is -3.18. The number of carboxylic acid groups (broad SMARTS) is 1. The van der Waals surface area contributed by atoms with Gasteiger partial charge in [-0.3, -0.25) is 14.4 Å². The summed E-state index contributed by atoms with van der Waals surface area (Å²) in [6.07, 6.45) is 53.9. The molecule has 1 aliphatic heterocycles. The number of carboxylic acids is 1. The topological polar surface area (TPSA) is 175 Å². The van der Waals surface area contributed by atoms with Crippen LogP contribution in [0, 0.1) is 0 Å². The van der Waals surface area contributed by atoms with Crippen LogP contribution in [-0.2, 0) is 42.9 Å². The summed E-state index contributed by atoms with van der Waals surface area (Å²) in [4.78, 5) is 51.0. The van der Waals surface area contributed by atoms with Crippen molar-refractivity contribution in [2.75, 3.05) is 13.2 Å². The van der Waals surface area contributed by atoms with Gasteiger partial charge in [-0.05, 0) is 96.3 Å². The Morgan fingerprint density at radius 1 is 0.453 bits per heavy atom. The third-order valence-corrected chi connectivity index (χ3v) is 12.7. The molecular formula is C63H102O12. The average molecular weight is 1050 g/mol. The van der Waals surface area contributed by atoms with Crippen molar-refractivity contribution in [1.29, 1.82) is 0 Å². The quantitative estimate of drug-likeness (QED) is 0.0228. The Balaban J connectivity index is 2.66. The minimum atomic E-state index is -1.92. The van der Waals surface area contributed by atoms with Gasteiger partial charge < -0.3 is 39.0 Å². The lowest BCUT2D eigenvalue weighted by Crippen LogP contribution is -2.61. The van der Waals surface area contributed by atoms with Crippen molar-refractivity contribution < 1.29 is 58.2 Å². The molecule has 12 nitrogen and oxygen atoms in total. The van der Waals surface area contributed by atoms with Crippen LogP contribution < -0.4 is 0 Å². The zero-order valence-corrected chi connectivity index (χ0v) is 46.8. The van der Waals surface area contributed by atoms with Crippen LogP contribution in [0.4, 0.5) is 0 Å². The second-order valence-electron chi connectivity index (χ2n) is 19.5. The zero-order valence-electron chi connectivity index (χ0n) is 46.8. The number of rotatable bonds is 48. The molecule has 1 saturated heterocycles. The molecule has 75 heavy (non-hydrogen) atoms. The molecule has 0 bridgehead atoms. The van der Waals surface area contributed by atoms with Gasteiger partial charge in [-0.15, -0.1) is 0 Å². The van der Waals surface area contributed by atoms with E-state index >= 15 is 0 Å². The van der Waals surface area contributed by atoms with Crippen molar-refractivity contribution in [1.82, 2.24) is 0 Å². The maximum atomic E-state index is 13.1. The lowest BCUT2D eigenvalue weighted by Gasteiger charge is -2.40. The molecule has 6 atom stereocenters. The summed E-state index contributed by atoms with van der Waals surface area (Å²) in [5.41, 5.74) is 0. The Bertz CT molecular complexity index is 1670. The third kappa shape index (κ3) is 40.6. The Hall–Kier alpha value is -4.36. The van der Waals surface area contributed by atoms with E-state index in [9.17, 15) is 34.5 Å². The highest BCUT2D eigenvalue weighted by molar-refractivity contribution is 5.74. The van der Waals surface area contributed by atoms with Crippen LogP contribution in [0.25, 0.3) is 0 Å². The number of carbonyl (C=O) groups excluding carboxylic acids is 3. The highest BCUT2D eigenvalue weighted by Crippen LogP contribution is 2.26. The normalized spacial score (nSPS) is 18.9. The lowest BCUT2D eigenvalue weighted by molar-refractivity contribution is -0.301. The summed E-state index contributed by atoms with van der Waals surface area (Å²) in [6.45, 7) is 5.71. The SMILES string of the molecule is CC/C=C\C/C=C\C/C=C\C/C=C\CCCCCCCCC(=O)OCC(COC1OC(C(=O)O)C(O)C(O)C1OC(=O)CCCCCC/C=C\C/C=C\C/C=C\C/C=C\CC)OC(=O)CCCCCCCCCCC. The van der Waals surface area contributed by atoms with Crippen LogP contribution in [0.15, 0.2) is 97.2 Å². The van der Waals surface area contributed by atoms with Crippen LogP contribution in [0.3, 0.4) is 0 Å². The van der Waals surface area contributed by atoms with Gasteiger partial charge >= 0.3 is 23.9 Å². The highest BCUT2D eigenvalue weighted by atomic mass is 16.7. The first-order chi connectivity index (χ1) is 36.6. The van der Waals surface area contributed by atoms with Crippen LogP contribution in [0.5, 0.6) is 0 Å². The summed E-state index contributed by atoms with van der Waals surface area (Å²) in [6, 6.07) is 0. The van der Waals surface area contributed by atoms with Gasteiger partial charge in [0.1, 0.15) is 18.8 Å². The summed E-state index contributed by atoms with van der Waals surface area (Å²) < 4.78 is 28.3. The molecule has 0 spiro atoms. The fourth-order valence-electron chi connectivity index (χ4n) is 8.23. The molecule has 1 rings (SSSR count). The van der Waals surface area contributed by atoms with E-state index in [1.165, 1.54) is 32.1 Å². The minimum absolute atomic E-state index is 0.0279. The lowest BCUT2D eigenvalue weighted by atomic mass is 9.98. The smallest absolute Gasteiger partial charge is 0.335 e. The molecule has 0 saturated carbocycles. The number of unbranched alkanes of at least 4 members (excludes halogenated alkanes) is 18. The second kappa shape index (κ2) is 50.5. The van der Waals surface area contributed by atoms with E-state index in [0.717, 1.165) is 135 Å². The van der Waals surface area contributed by atoms with Crippen molar-refractivity contribution in [3.8, 4) is 0 Å². The Morgan fingerprint density at radius 3 is 1.28 bits per heavy atom. The predicted octanol–water partition coefficient (Wildman–Crippen LogP) is 14.9. The van der Waals surface area contributed by atoms with E-state index in [1.54, 1.807) is 0 Å². The molecule has 1 aliphatic rings. The van der Waals surface area contributed by atoms with E-state index in [1.807, 2.05) is 0 Å². The molecule has 0 amide bonds. The number of hydrogen-bond donors (Lipinski definition) is 3. The third-order valence-electron chi connectivity index (χ3n) is 12.7. The van der Waals surface area contributed by atoms with Gasteiger partial charge in [-0.2, -0.15) is 0 Å². The largest absolute Gasteiger partial charge is 0.479 e. The van der Waals surface area contributed by atoms with Crippen LogP contribution in [0.1, 0.15) is 226 Å². The van der Waals surface area contributed by atoms with Crippen molar-refractivity contribution in [2.24, 2.45) is 0 Å². The molecule has 3 N–H and O–H groups in total. The molecule has 0 aliphatic carbocycles. The van der Waals surface area contributed by atoms with Crippen molar-refractivity contribution in [3.63, 3.8) is 0 Å². The summed E-state index contributed by atoms with van der Waals surface area (Å²) in [5, 5.41) is 31.4. The second-order valence-corrected chi connectivity index (χ2v) is 19.5. The number of aliphatic hydroxyl groups excluding tert-OH is 2. The van der Waals surface area contributed by atoms with Crippen molar-refractivity contribution in [3.05, 3.63) is 97.2 Å².